The molecule has 0 unspecified atom stereocenters. The number of Topliss-reactive ketones (excluding diaryl/α,β-unsaturated/α-hetero) is 1. The van der Waals surface area contributed by atoms with Crippen LogP contribution >= 0.6 is 11.3 Å². The number of carbonyl (C=O) groups is 6. The Labute approximate surface area is 639 Å². The lowest BCUT2D eigenvalue weighted by atomic mass is 10.0. The third-order valence-electron chi connectivity index (χ3n) is 15.4. The van der Waals surface area contributed by atoms with Crippen molar-refractivity contribution in [2.75, 3.05) is 6.54 Å². The normalized spacial score (nSPS) is 12.3. The first-order chi connectivity index (χ1) is 51.5. The molecule has 36 heteroatoms. The zero-order valence-electron chi connectivity index (χ0n) is 59.5. The summed E-state index contributed by atoms with van der Waals surface area (Å²) in [4.78, 5) is 92.1. The number of aryl methyl sites for hydroxylation is 1. The summed E-state index contributed by atoms with van der Waals surface area (Å²) in [6.45, 7) is 9.82. The number of carboxylic acid groups (broad SMARTS) is 1. The second kappa shape index (κ2) is 40.5. The van der Waals surface area contributed by atoms with Gasteiger partial charge in [-0.25, -0.2) is 35.2 Å². The van der Waals surface area contributed by atoms with Gasteiger partial charge in [0, 0.05) is 120 Å². The molecular formula is C76H82F12N14O9S. The van der Waals surface area contributed by atoms with Crippen LogP contribution < -0.4 is 33.0 Å². The number of hydrogen-bond acceptors (Lipinski definition) is 19. The van der Waals surface area contributed by atoms with E-state index in [4.69, 9.17) is 26.2 Å². The molecule has 3 atom stereocenters. The average molecular weight is 1600 g/mol. The van der Waals surface area contributed by atoms with E-state index >= 15 is 0 Å². The SMILES string of the molecule is C.C.CC(C)(C)OC(=O)N[C@H](CCC(=O)NCC(=O)c1ccc2cnc(F)cc2c1)Cc1ccc(C(F)(F)F)nc1.CC(C)(C)OC(=O)N[C@H](CCC(=O)NN)Cc1ccc(C(F)(F)F)nc1.N[C@H](CCc1nnc(-c2ccc3cnc(F)cc3c2)s1)Cc1ccc(C(F)(F)F)nc1.O=C(O)c1ccc2cnc(F)cc2c1. The van der Waals surface area contributed by atoms with Crippen LogP contribution in [0.4, 0.5) is 62.3 Å². The van der Waals surface area contributed by atoms with Gasteiger partial charge < -0.3 is 36.3 Å². The number of benzene rings is 3. The Morgan fingerprint density at radius 1 is 0.482 bits per heavy atom. The van der Waals surface area contributed by atoms with E-state index in [0.29, 0.717) is 52.1 Å². The second-order valence-electron chi connectivity index (χ2n) is 26.6. The summed E-state index contributed by atoms with van der Waals surface area (Å²) in [7, 11) is 0. The first-order valence-electron chi connectivity index (χ1n) is 33.4. The van der Waals surface area contributed by atoms with E-state index in [0.717, 1.165) is 62.3 Å². The van der Waals surface area contributed by atoms with Crippen LogP contribution in [0.5, 0.6) is 0 Å². The van der Waals surface area contributed by atoms with Crippen molar-refractivity contribution in [3.8, 4) is 10.6 Å². The molecule has 0 radical (unpaired) electrons. The zero-order chi connectivity index (χ0) is 80.9. The van der Waals surface area contributed by atoms with Gasteiger partial charge in [-0.2, -0.15) is 52.7 Å². The number of ether oxygens (including phenoxy) is 2. The molecule has 0 saturated heterocycles. The third-order valence-corrected chi connectivity index (χ3v) is 16.4. The van der Waals surface area contributed by atoms with E-state index in [1.165, 1.54) is 90.7 Å². The molecule has 0 aliphatic heterocycles. The van der Waals surface area contributed by atoms with Crippen molar-refractivity contribution in [2.24, 2.45) is 11.6 Å². The van der Waals surface area contributed by atoms with E-state index in [9.17, 15) is 81.5 Å². The number of hydrazine groups is 1. The molecule has 9 N–H and O–H groups in total. The molecule has 600 valence electrons. The molecule has 112 heavy (non-hydrogen) atoms. The molecule has 10 rings (SSSR count). The quantitative estimate of drug-likeness (QED) is 0.00827. The van der Waals surface area contributed by atoms with Crippen LogP contribution in [0, 0.1) is 17.8 Å². The number of alkyl halides is 9. The highest BCUT2D eigenvalue weighted by Gasteiger charge is 2.35. The van der Waals surface area contributed by atoms with Gasteiger partial charge in [0.15, 0.2) is 5.78 Å². The van der Waals surface area contributed by atoms with Gasteiger partial charge in [0.2, 0.25) is 29.7 Å². The van der Waals surface area contributed by atoms with E-state index in [1.807, 2.05) is 23.6 Å². The number of fused-ring (bicyclic) bond motifs is 3. The standard InChI is InChI=1S/C27H28F4N4O4.C21H17F4N5S.C16H23F3N4O3.C10H6FNO2.2CH4/c1-26(2,3)39-25(38)35-20(10-16-4-8-22(32-13-16)27(29,30)31)7-9-24(37)34-15-21(36)17-5-6-18-14-33-23(28)12-19(18)11-17;22-18-9-15-8-13(2-3-14(15)11-28-18)20-30-29-19(31-20)6-4-16(26)7-12-1-5-17(27-10-12)21(23,24)25;1-15(2,3)26-14(25)22-11(5-7-13(24)23-20)8-10-4-6-12(21-9-10)16(17,18)19;11-9-4-8-3-6(10(13)14)1-2-7(8)5-12-9;;/h4-6,8,11-14,20H,7,9-10,15H2,1-3H3,(H,34,37)(H,35,38);1-3,5,8-11,16H,4,6-7,26H2;4,6,9,11H,5,7-8,20H2,1-3H3,(H,22,25)(H,23,24);1-5H,(H,13,14);2*1H4/t20-;16-;11-;;;/m111.../s1. The number of hydrogen-bond donors (Lipinski definition) is 7. The minimum atomic E-state index is -4.58. The number of rotatable bonds is 22. The highest BCUT2D eigenvalue weighted by atomic mass is 32.1. The van der Waals surface area contributed by atoms with Crippen molar-refractivity contribution >= 4 is 79.4 Å². The molecular weight excluding hydrogens is 1510 g/mol. The monoisotopic (exact) mass is 1590 g/mol. The number of carboxylic acids is 1. The molecule has 10 aromatic rings. The summed E-state index contributed by atoms with van der Waals surface area (Å²) in [6, 6.07) is 23.7. The van der Waals surface area contributed by atoms with Crippen LogP contribution in [-0.2, 0) is 63.3 Å². The van der Waals surface area contributed by atoms with Crippen molar-refractivity contribution in [2.45, 2.75) is 162 Å². The van der Waals surface area contributed by atoms with Crippen molar-refractivity contribution in [3.05, 3.63) is 214 Å². The molecule has 0 fully saturated rings. The van der Waals surface area contributed by atoms with Gasteiger partial charge in [0.25, 0.3) is 0 Å². The summed E-state index contributed by atoms with van der Waals surface area (Å²) in [5, 5.41) is 30.4. The summed E-state index contributed by atoms with van der Waals surface area (Å²) in [5.41, 5.74) is 6.47. The molecule has 0 bridgehead atoms. The van der Waals surface area contributed by atoms with Crippen LogP contribution in [0.15, 0.2) is 146 Å². The molecule has 0 saturated carbocycles. The minimum absolute atomic E-state index is 0. The van der Waals surface area contributed by atoms with Crippen molar-refractivity contribution in [3.63, 3.8) is 0 Å². The Balaban J connectivity index is 0.000000278. The van der Waals surface area contributed by atoms with E-state index in [-0.39, 0.29) is 82.9 Å². The highest BCUT2D eigenvalue weighted by Crippen LogP contribution is 2.32. The summed E-state index contributed by atoms with van der Waals surface area (Å²) >= 11 is 1.43. The summed E-state index contributed by atoms with van der Waals surface area (Å²) in [6.07, 6.45) is -5.23. The number of carbonyl (C=O) groups excluding carboxylic acids is 5. The molecule has 4 amide bonds. The van der Waals surface area contributed by atoms with Gasteiger partial charge in [-0.05, 0) is 155 Å². The number of halogens is 12. The number of amides is 4. The number of ketones is 1. The van der Waals surface area contributed by atoms with E-state index < -0.39 is 107 Å². The molecule has 0 spiro atoms. The largest absolute Gasteiger partial charge is 0.478 e. The number of nitrogens with one attached hydrogen (secondary N) is 4. The van der Waals surface area contributed by atoms with E-state index in [2.05, 4.69) is 56.1 Å². The fraction of sp³-hybridized carbons (Fsp3) is 0.342. The maximum atomic E-state index is 13.4. The van der Waals surface area contributed by atoms with Crippen LogP contribution in [0.1, 0.15) is 148 Å². The van der Waals surface area contributed by atoms with Gasteiger partial charge in [0.05, 0.1) is 12.1 Å². The van der Waals surface area contributed by atoms with Gasteiger partial charge in [-0.15, -0.1) is 10.2 Å². The van der Waals surface area contributed by atoms with Crippen molar-refractivity contribution < 1.29 is 96.0 Å². The first kappa shape index (κ1) is 91.2. The van der Waals surface area contributed by atoms with Crippen LogP contribution in [0.3, 0.4) is 0 Å². The van der Waals surface area contributed by atoms with Crippen molar-refractivity contribution in [1.29, 1.82) is 0 Å². The number of nitrogens with two attached hydrogens (primary N) is 2. The smallest absolute Gasteiger partial charge is 0.433 e. The number of nitrogens with zero attached hydrogens (tertiary/aromatic N) is 8. The number of pyridine rings is 6. The van der Waals surface area contributed by atoms with Crippen molar-refractivity contribution in [1.82, 2.24) is 61.5 Å². The first-order valence-corrected chi connectivity index (χ1v) is 34.2. The number of aromatic carboxylic acids is 1. The topological polar surface area (TPSA) is 344 Å². The number of alkyl carbamates (subject to hydrolysis) is 2. The molecule has 7 aromatic heterocycles. The van der Waals surface area contributed by atoms with Gasteiger partial charge in [-0.3, -0.25) is 34.8 Å². The lowest BCUT2D eigenvalue weighted by Crippen LogP contribution is -2.41. The summed E-state index contributed by atoms with van der Waals surface area (Å²) in [5.74, 6) is 0.886. The zero-order valence-corrected chi connectivity index (χ0v) is 60.4. The van der Waals surface area contributed by atoms with Gasteiger partial charge in [-0.1, -0.05) is 74.7 Å². The fourth-order valence-corrected chi connectivity index (χ4v) is 11.0. The molecule has 0 aliphatic rings. The average Bonchev–Trinajstić information content (AvgIpc) is 1.26. The van der Waals surface area contributed by atoms with Crippen LogP contribution in [0.2, 0.25) is 0 Å². The maximum absolute atomic E-state index is 13.4. The molecule has 0 aliphatic carbocycles. The number of aromatic nitrogens is 8. The van der Waals surface area contributed by atoms with Crippen LogP contribution in [0.25, 0.3) is 42.9 Å². The maximum Gasteiger partial charge on any atom is 0.433 e. The van der Waals surface area contributed by atoms with E-state index in [1.54, 1.807) is 59.7 Å². The Morgan fingerprint density at radius 3 is 1.29 bits per heavy atom. The Hall–Kier alpha value is -11.4. The fourth-order valence-electron chi connectivity index (χ4n) is 10.1. The van der Waals surface area contributed by atoms with Crippen LogP contribution in [-0.4, -0.2) is 117 Å². The summed E-state index contributed by atoms with van der Waals surface area (Å²) < 4.78 is 164. The lowest BCUT2D eigenvalue weighted by molar-refractivity contribution is -0.142. The Bertz CT molecular complexity index is 4820. The van der Waals surface area contributed by atoms with Gasteiger partial charge >= 0.3 is 36.7 Å². The second-order valence-corrected chi connectivity index (χ2v) is 27.7. The lowest BCUT2D eigenvalue weighted by Gasteiger charge is -2.24. The Morgan fingerprint density at radius 2 is 0.884 bits per heavy atom. The highest BCUT2D eigenvalue weighted by molar-refractivity contribution is 7.14. The van der Waals surface area contributed by atoms with Gasteiger partial charge in [0.1, 0.15) is 38.3 Å². The predicted octanol–water partition coefficient (Wildman–Crippen LogP) is 15.5. The molecule has 23 nitrogen and oxygen atoms in total. The predicted molar refractivity (Wildman–Crippen MR) is 394 cm³/mol. The Kier molecular flexibility index (Phi) is 33.0. The molecule has 3 aromatic carbocycles. The minimum Gasteiger partial charge on any atom is -0.478 e. The third kappa shape index (κ3) is 30.5. The molecule has 7 heterocycles.